The van der Waals surface area contributed by atoms with Gasteiger partial charge in [-0.25, -0.2) is 30.8 Å². The molecule has 3 heterocycles. The predicted octanol–water partition coefficient (Wildman–Crippen LogP) is 4.78. The van der Waals surface area contributed by atoms with Gasteiger partial charge in [0, 0.05) is 48.1 Å². The molecule has 0 aliphatic carbocycles. The number of benzene rings is 3. The van der Waals surface area contributed by atoms with Crippen molar-refractivity contribution in [1.29, 1.82) is 0 Å². The lowest BCUT2D eigenvalue weighted by Crippen LogP contribution is -2.37. The van der Waals surface area contributed by atoms with Gasteiger partial charge in [-0.2, -0.15) is 13.2 Å². The van der Waals surface area contributed by atoms with E-state index in [1.54, 1.807) is 19.1 Å². The number of ether oxygens (including phenoxy) is 1. The lowest BCUT2D eigenvalue weighted by atomic mass is 10.0. The fraction of sp³-hybridized carbons (Fsp3) is 0.100. The minimum absolute atomic E-state index is 0.00397. The van der Waals surface area contributed by atoms with Crippen molar-refractivity contribution >= 4 is 37.9 Å². The average molecular weight is 675 g/mol. The van der Waals surface area contributed by atoms with Crippen LogP contribution in [0.25, 0.3) is 33.1 Å². The summed E-state index contributed by atoms with van der Waals surface area (Å²) in [6.45, 7) is 1.76. The van der Waals surface area contributed by atoms with E-state index in [2.05, 4.69) is 9.82 Å². The van der Waals surface area contributed by atoms with Crippen molar-refractivity contribution in [2.24, 2.45) is 7.05 Å². The number of H-pyrrole nitrogens is 1. The molecular weight excluding hydrogens is 655 g/mol. The van der Waals surface area contributed by atoms with Gasteiger partial charge in [0.2, 0.25) is 0 Å². The molecule has 0 bridgehead atoms. The second kappa shape index (κ2) is 11.0. The Balaban J connectivity index is 1.64. The number of rotatable bonds is 6. The molecule has 0 amide bonds. The molecule has 0 unspecified atom stereocenters. The minimum Gasteiger partial charge on any atom is -0.454 e. The number of nitrogens with zero attached hydrogens (tertiary/aromatic N) is 3. The van der Waals surface area contributed by atoms with Crippen LogP contribution in [-0.4, -0.2) is 38.8 Å². The highest BCUT2D eigenvalue weighted by Gasteiger charge is 2.42. The van der Waals surface area contributed by atoms with Crippen LogP contribution in [0.15, 0.2) is 87.5 Å². The number of halogens is 5. The lowest BCUT2D eigenvalue weighted by molar-refractivity contribution is -0.199. The molecule has 3 aromatic carbocycles. The van der Waals surface area contributed by atoms with Gasteiger partial charge in [0.1, 0.15) is 22.6 Å². The van der Waals surface area contributed by atoms with Gasteiger partial charge in [-0.3, -0.25) is 4.79 Å². The molecule has 6 aromatic rings. The van der Waals surface area contributed by atoms with E-state index in [4.69, 9.17) is 4.74 Å². The van der Waals surface area contributed by atoms with Crippen LogP contribution in [-0.2, 0) is 21.9 Å². The van der Waals surface area contributed by atoms with Crippen molar-refractivity contribution in [2.75, 3.05) is 0 Å². The van der Waals surface area contributed by atoms with Crippen LogP contribution in [0.2, 0.25) is 0 Å². The molecule has 6 rings (SSSR count). The third-order valence-corrected chi connectivity index (χ3v) is 8.81. The highest BCUT2D eigenvalue weighted by atomic mass is 32.2. The van der Waals surface area contributed by atoms with Crippen molar-refractivity contribution < 1.29 is 44.7 Å². The number of aryl methyl sites for hydroxylation is 2. The van der Waals surface area contributed by atoms with Crippen molar-refractivity contribution in [2.45, 2.75) is 18.0 Å². The van der Waals surface area contributed by atoms with Crippen molar-refractivity contribution in [3.63, 3.8) is 0 Å². The monoisotopic (exact) mass is 674 g/mol. The number of imidazole rings is 1. The number of aromatic amines is 1. The third-order valence-electron chi connectivity index (χ3n) is 7.12. The van der Waals surface area contributed by atoms with E-state index < -0.39 is 56.3 Å². The van der Waals surface area contributed by atoms with Crippen LogP contribution in [0.5, 0.6) is 11.5 Å². The molecule has 0 saturated heterocycles. The van der Waals surface area contributed by atoms with Gasteiger partial charge in [0.05, 0.1) is 10.4 Å². The molecule has 0 fully saturated rings. The summed E-state index contributed by atoms with van der Waals surface area (Å²) >= 11 is 0. The number of carbonyl (C=O) groups excluding carboxylic acids is 1. The first kappa shape index (κ1) is 31.3. The molecule has 1 N–H and O–H groups in total. The van der Waals surface area contributed by atoms with Crippen LogP contribution in [0.1, 0.15) is 5.56 Å². The first-order chi connectivity index (χ1) is 22.1. The number of hydrogen-bond acceptors (Lipinski definition) is 7. The normalized spacial score (nSPS) is 12.1. The van der Waals surface area contributed by atoms with E-state index in [-0.39, 0.29) is 42.9 Å². The number of carbonyl (C=O) groups is 1. The van der Waals surface area contributed by atoms with Gasteiger partial charge in [-0.1, -0.05) is 17.7 Å². The average Bonchev–Trinajstić information content (AvgIpc) is 3.58. The summed E-state index contributed by atoms with van der Waals surface area (Å²) < 4.78 is 102. The lowest BCUT2D eigenvalue weighted by Gasteiger charge is -2.15. The van der Waals surface area contributed by atoms with E-state index >= 15 is 0 Å². The number of aromatic nitrogens is 4. The van der Waals surface area contributed by atoms with Crippen LogP contribution < -0.4 is 20.8 Å². The number of pyridine rings is 1. The molecule has 17 heteroatoms. The van der Waals surface area contributed by atoms with E-state index in [9.17, 15) is 44.8 Å². The molecule has 0 saturated carbocycles. The zero-order valence-corrected chi connectivity index (χ0v) is 24.7. The number of alkyl halides is 3. The van der Waals surface area contributed by atoms with E-state index in [1.807, 2.05) is 0 Å². The van der Waals surface area contributed by atoms with E-state index in [0.717, 1.165) is 44.6 Å². The first-order valence-electron chi connectivity index (χ1n) is 13.3. The Bertz CT molecular complexity index is 2480. The maximum atomic E-state index is 14.7. The Hall–Kier alpha value is -5.71. The summed E-state index contributed by atoms with van der Waals surface area (Å²) in [4.78, 5) is 44.0. The molecule has 11 nitrogen and oxygen atoms in total. The molecule has 0 aliphatic rings. The van der Waals surface area contributed by atoms with Crippen molar-refractivity contribution in [1.82, 2.24) is 18.3 Å². The van der Waals surface area contributed by atoms with Crippen LogP contribution in [0.3, 0.4) is 0 Å². The van der Waals surface area contributed by atoms with Crippen molar-refractivity contribution in [3.05, 3.63) is 111 Å². The van der Waals surface area contributed by atoms with E-state index in [0.29, 0.717) is 6.07 Å². The van der Waals surface area contributed by atoms with E-state index in [1.165, 1.54) is 31.4 Å². The number of nitrogens with one attached hydrogen (secondary N) is 1. The van der Waals surface area contributed by atoms with Gasteiger partial charge in [-0.15, -0.1) is 4.73 Å². The second-order valence-electron chi connectivity index (χ2n) is 10.3. The smallest absolute Gasteiger partial charge is 0.454 e. The Morgan fingerprint density at radius 2 is 1.62 bits per heavy atom. The maximum Gasteiger partial charge on any atom is 0.493 e. The topological polar surface area (TPSA) is 134 Å². The third kappa shape index (κ3) is 5.43. The Labute approximate surface area is 259 Å². The molecule has 0 radical (unpaired) electrons. The van der Waals surface area contributed by atoms with Gasteiger partial charge < -0.3 is 19.1 Å². The van der Waals surface area contributed by atoms with Crippen LogP contribution >= 0.6 is 0 Å². The minimum atomic E-state index is -5.47. The summed E-state index contributed by atoms with van der Waals surface area (Å²) in [5.41, 5.74) is -2.34. The summed E-state index contributed by atoms with van der Waals surface area (Å²) in [5, 5.41) is 0.00397. The van der Waals surface area contributed by atoms with Crippen molar-refractivity contribution in [3.8, 4) is 22.6 Å². The standard InChI is InChI=1S/C30H19F5N4O7S/c1-15-3-6-17(7-4-15)47(43,44)38-10-9-18-20(14-37(2)27(40)26(18)38)19-12-23-22(36-29(42)39(23)46-28(41)30(33,34)35)13-25(19)45-24-8-5-16(31)11-21(24)32/h3-14H,1-2H3,(H,36,42). The highest BCUT2D eigenvalue weighted by molar-refractivity contribution is 7.90. The highest BCUT2D eigenvalue weighted by Crippen LogP contribution is 2.40. The van der Waals surface area contributed by atoms with Gasteiger partial charge in [-0.05, 0) is 43.3 Å². The number of fused-ring (bicyclic) bond motifs is 2. The van der Waals surface area contributed by atoms with Gasteiger partial charge >= 0.3 is 17.8 Å². The Morgan fingerprint density at radius 1 is 0.915 bits per heavy atom. The Kier molecular flexibility index (Phi) is 7.30. The molecule has 0 atom stereocenters. The molecule has 47 heavy (non-hydrogen) atoms. The molecule has 3 aromatic heterocycles. The summed E-state index contributed by atoms with van der Waals surface area (Å²) in [7, 11) is -3.04. The van der Waals surface area contributed by atoms with Crippen LogP contribution in [0, 0.1) is 18.6 Å². The summed E-state index contributed by atoms with van der Waals surface area (Å²) in [5.74, 6) is -5.54. The molecular formula is C30H19F5N4O7S. The zero-order chi connectivity index (χ0) is 34.0. The summed E-state index contributed by atoms with van der Waals surface area (Å²) in [6.07, 6.45) is -3.09. The van der Waals surface area contributed by atoms with Gasteiger partial charge in [0.25, 0.3) is 15.6 Å². The molecule has 242 valence electrons. The maximum absolute atomic E-state index is 14.7. The molecule has 0 spiro atoms. The fourth-order valence-corrected chi connectivity index (χ4v) is 6.22. The first-order valence-corrected chi connectivity index (χ1v) is 14.7. The number of hydrogen-bond donors (Lipinski definition) is 1. The Morgan fingerprint density at radius 3 is 2.28 bits per heavy atom. The summed E-state index contributed by atoms with van der Waals surface area (Å²) in [6, 6.07) is 11.6. The second-order valence-corrected chi connectivity index (χ2v) is 12.1. The predicted molar refractivity (Wildman–Crippen MR) is 157 cm³/mol. The van der Waals surface area contributed by atoms with Gasteiger partial charge in [0.15, 0.2) is 11.6 Å². The zero-order valence-electron chi connectivity index (χ0n) is 23.9. The molecule has 0 aliphatic heterocycles. The SMILES string of the molecule is Cc1ccc(S(=O)(=O)n2ccc3c(-c4cc5c(cc4Oc4ccc(F)cc4F)[nH]c(=O)n5OC(=O)C(F)(F)F)cn(C)c(=O)c32)cc1. The fourth-order valence-electron chi connectivity index (χ4n) is 4.88. The quantitative estimate of drug-likeness (QED) is 0.251. The van der Waals surface area contributed by atoms with Crippen LogP contribution in [0.4, 0.5) is 22.0 Å². The largest absolute Gasteiger partial charge is 0.493 e.